The van der Waals surface area contributed by atoms with Crippen LogP contribution in [-0.4, -0.2) is 12.9 Å². The maximum Gasteiger partial charge on any atom is 0.170 e. The molecule has 4 heteroatoms. The summed E-state index contributed by atoms with van der Waals surface area (Å²) in [5, 5.41) is 0. The molecule has 0 fully saturated rings. The lowest BCUT2D eigenvalue weighted by molar-refractivity contribution is 0.0994. The highest BCUT2D eigenvalue weighted by atomic mass is 32.1. The smallest absolute Gasteiger partial charge is 0.170 e. The van der Waals surface area contributed by atoms with E-state index >= 15 is 0 Å². The van der Waals surface area contributed by atoms with Gasteiger partial charge in [-0.3, -0.25) is 4.79 Å². The molecule has 0 aliphatic heterocycles. The molecule has 0 unspecified atom stereocenters. The summed E-state index contributed by atoms with van der Waals surface area (Å²) in [6, 6.07) is 9.25. The van der Waals surface area contributed by atoms with Crippen LogP contribution in [0.1, 0.15) is 27.0 Å². The molecule has 1 aromatic carbocycles. The van der Waals surface area contributed by atoms with E-state index < -0.39 is 0 Å². The van der Waals surface area contributed by atoms with Crippen LogP contribution < -0.4 is 10.5 Å². The molecule has 0 atom stereocenters. The molecule has 19 heavy (non-hydrogen) atoms. The van der Waals surface area contributed by atoms with Crippen molar-refractivity contribution in [3.05, 3.63) is 45.6 Å². The van der Waals surface area contributed by atoms with Crippen molar-refractivity contribution in [3.8, 4) is 5.75 Å². The Morgan fingerprint density at radius 1 is 1.26 bits per heavy atom. The van der Waals surface area contributed by atoms with Gasteiger partial charge in [-0.2, -0.15) is 0 Å². The lowest BCUT2D eigenvalue weighted by atomic mass is 10.1. The number of carbonyl (C=O) groups is 1. The number of methoxy groups -OCH3 is 1. The molecule has 0 aliphatic rings. The molecule has 0 bridgehead atoms. The molecule has 0 aliphatic carbocycles. The summed E-state index contributed by atoms with van der Waals surface area (Å²) in [7, 11) is 1.58. The summed E-state index contributed by atoms with van der Waals surface area (Å²) in [6.45, 7) is 2.11. The van der Waals surface area contributed by atoms with Crippen LogP contribution in [0.25, 0.3) is 0 Å². The first-order chi connectivity index (χ1) is 9.13. The fraction of sp³-hybridized carbons (Fsp3) is 0.267. The second kappa shape index (κ2) is 5.89. The summed E-state index contributed by atoms with van der Waals surface area (Å²) in [5.74, 6) is 0.680. The van der Waals surface area contributed by atoms with E-state index in [4.69, 9.17) is 10.5 Å². The summed E-state index contributed by atoms with van der Waals surface area (Å²) >= 11 is 1.68. The predicted octanol–water partition coefficient (Wildman–Crippen LogP) is 3.33. The van der Waals surface area contributed by atoms with Gasteiger partial charge >= 0.3 is 0 Å². The van der Waals surface area contributed by atoms with E-state index in [1.54, 1.807) is 36.6 Å². The lowest BCUT2D eigenvalue weighted by Gasteiger charge is -2.06. The fourth-order valence-corrected chi connectivity index (χ4v) is 2.82. The number of ether oxygens (including phenoxy) is 1. The average Bonchev–Trinajstić information content (AvgIpc) is 2.87. The minimum Gasteiger partial charge on any atom is -0.497 e. The van der Waals surface area contributed by atoms with E-state index in [1.807, 2.05) is 6.07 Å². The third kappa shape index (κ3) is 3.15. The van der Waals surface area contributed by atoms with Gasteiger partial charge in [-0.1, -0.05) is 6.92 Å². The minimum atomic E-state index is 0.0286. The minimum absolute atomic E-state index is 0.0286. The summed E-state index contributed by atoms with van der Waals surface area (Å²) < 4.78 is 5.13. The Morgan fingerprint density at radius 2 is 2.00 bits per heavy atom. The number of rotatable bonds is 5. The topological polar surface area (TPSA) is 52.3 Å². The van der Waals surface area contributed by atoms with Crippen molar-refractivity contribution in [2.24, 2.45) is 0 Å². The zero-order valence-corrected chi connectivity index (χ0v) is 11.9. The van der Waals surface area contributed by atoms with Gasteiger partial charge in [0.15, 0.2) is 5.78 Å². The molecular formula is C15H17NO2S. The Morgan fingerprint density at radius 3 is 2.63 bits per heavy atom. The Labute approximate surface area is 117 Å². The third-order valence-corrected chi connectivity index (χ3v) is 4.19. The number of hydrogen-bond donors (Lipinski definition) is 1. The van der Waals surface area contributed by atoms with Gasteiger partial charge in [-0.15, -0.1) is 11.3 Å². The molecule has 1 aromatic heterocycles. The number of ketones is 1. The van der Waals surface area contributed by atoms with E-state index in [2.05, 4.69) is 13.0 Å². The van der Waals surface area contributed by atoms with E-state index in [9.17, 15) is 4.79 Å². The molecule has 3 nitrogen and oxygen atoms in total. The van der Waals surface area contributed by atoms with Crippen LogP contribution in [0.5, 0.6) is 5.75 Å². The monoisotopic (exact) mass is 275 g/mol. The quantitative estimate of drug-likeness (QED) is 0.672. The Balaban J connectivity index is 2.19. The number of nitrogen functional groups attached to an aromatic ring is 1. The predicted molar refractivity (Wildman–Crippen MR) is 79.1 cm³/mol. The number of nitrogens with two attached hydrogens (primary N) is 1. The zero-order chi connectivity index (χ0) is 13.8. The van der Waals surface area contributed by atoms with Crippen LogP contribution in [-0.2, 0) is 12.8 Å². The number of benzene rings is 1. The normalized spacial score (nSPS) is 10.4. The van der Waals surface area contributed by atoms with Crippen LogP contribution >= 0.6 is 11.3 Å². The van der Waals surface area contributed by atoms with Crippen LogP contribution in [0.4, 0.5) is 5.69 Å². The number of anilines is 1. The lowest BCUT2D eigenvalue weighted by Crippen LogP contribution is -2.06. The fourth-order valence-electron chi connectivity index (χ4n) is 1.86. The highest BCUT2D eigenvalue weighted by Gasteiger charge is 2.13. The van der Waals surface area contributed by atoms with E-state index in [1.165, 1.54) is 4.88 Å². The number of carbonyl (C=O) groups excluding carboxylic acids is 1. The maximum atomic E-state index is 12.3. The molecule has 0 saturated heterocycles. The van der Waals surface area contributed by atoms with Crippen LogP contribution in [0.15, 0.2) is 30.3 Å². The molecular weight excluding hydrogens is 258 g/mol. The number of thiophene rings is 1. The van der Waals surface area contributed by atoms with Gasteiger partial charge in [-0.25, -0.2) is 0 Å². The third-order valence-electron chi connectivity index (χ3n) is 2.96. The van der Waals surface area contributed by atoms with Gasteiger partial charge in [0.1, 0.15) is 5.75 Å². The van der Waals surface area contributed by atoms with Crippen molar-refractivity contribution in [3.63, 3.8) is 0 Å². The van der Waals surface area contributed by atoms with E-state index in [0.717, 1.165) is 11.3 Å². The second-order valence-electron chi connectivity index (χ2n) is 4.27. The van der Waals surface area contributed by atoms with Gasteiger partial charge in [0.25, 0.3) is 0 Å². The van der Waals surface area contributed by atoms with Crippen LogP contribution in [0, 0.1) is 0 Å². The Hall–Kier alpha value is -1.81. The van der Waals surface area contributed by atoms with Crippen molar-refractivity contribution >= 4 is 22.8 Å². The molecule has 0 radical (unpaired) electrons. The molecule has 100 valence electrons. The van der Waals surface area contributed by atoms with E-state index in [-0.39, 0.29) is 5.78 Å². The van der Waals surface area contributed by atoms with Crippen molar-refractivity contribution in [1.29, 1.82) is 0 Å². The van der Waals surface area contributed by atoms with Crippen molar-refractivity contribution in [2.75, 3.05) is 12.8 Å². The van der Waals surface area contributed by atoms with Gasteiger partial charge in [0.05, 0.1) is 7.11 Å². The number of Topliss-reactive ketones (excluding diaryl/α,β-unsaturated/α-hetero) is 1. The molecule has 1 heterocycles. The van der Waals surface area contributed by atoms with Gasteiger partial charge in [-0.05, 0) is 36.8 Å². The largest absolute Gasteiger partial charge is 0.497 e. The summed E-state index contributed by atoms with van der Waals surface area (Å²) in [5.41, 5.74) is 6.89. The first-order valence-corrected chi connectivity index (χ1v) is 7.00. The molecule has 2 N–H and O–H groups in total. The van der Waals surface area contributed by atoms with Crippen LogP contribution in [0.2, 0.25) is 0 Å². The number of aryl methyl sites for hydroxylation is 1. The van der Waals surface area contributed by atoms with E-state index in [0.29, 0.717) is 23.4 Å². The second-order valence-corrected chi connectivity index (χ2v) is 5.53. The summed E-state index contributed by atoms with van der Waals surface area (Å²) in [4.78, 5) is 14.6. The van der Waals surface area contributed by atoms with Crippen LogP contribution in [0.3, 0.4) is 0 Å². The summed E-state index contributed by atoms with van der Waals surface area (Å²) in [6.07, 6.45) is 1.39. The van der Waals surface area contributed by atoms with Crippen molar-refractivity contribution < 1.29 is 9.53 Å². The highest BCUT2D eigenvalue weighted by Crippen LogP contribution is 2.23. The first-order valence-electron chi connectivity index (χ1n) is 6.18. The molecule has 0 amide bonds. The molecule has 0 spiro atoms. The van der Waals surface area contributed by atoms with Gasteiger partial charge in [0.2, 0.25) is 0 Å². The van der Waals surface area contributed by atoms with Crippen molar-refractivity contribution in [1.82, 2.24) is 0 Å². The van der Waals surface area contributed by atoms with Gasteiger partial charge < -0.3 is 10.5 Å². The Bertz CT molecular complexity index is 590. The SMILES string of the molecule is CCc1ccc(CC(=O)c2cc(OC)ccc2N)s1. The van der Waals surface area contributed by atoms with Crippen molar-refractivity contribution in [2.45, 2.75) is 19.8 Å². The maximum absolute atomic E-state index is 12.3. The zero-order valence-electron chi connectivity index (χ0n) is 11.1. The highest BCUT2D eigenvalue weighted by molar-refractivity contribution is 7.12. The number of hydrogen-bond acceptors (Lipinski definition) is 4. The molecule has 0 saturated carbocycles. The molecule has 2 aromatic rings. The molecule has 2 rings (SSSR count). The van der Waals surface area contributed by atoms with Gasteiger partial charge in [0, 0.05) is 27.4 Å². The Kier molecular flexibility index (Phi) is 4.22. The standard InChI is InChI=1S/C15H17NO2S/c1-3-11-5-6-12(19-11)9-15(17)13-8-10(18-2)4-7-14(13)16/h4-8H,3,9,16H2,1-2H3. The average molecular weight is 275 g/mol. The first kappa shape index (κ1) is 13.6.